The van der Waals surface area contributed by atoms with Crippen molar-refractivity contribution in [1.82, 2.24) is 74.8 Å². The monoisotopic (exact) mass is 1920 g/mol. The van der Waals surface area contributed by atoms with Gasteiger partial charge in [-0.05, 0) is 205 Å². The summed E-state index contributed by atoms with van der Waals surface area (Å²) >= 11 is 0. The van der Waals surface area contributed by atoms with Crippen molar-refractivity contribution < 1.29 is 92.2 Å². The molecule has 16 rings (SSSR count). The normalized spacial score (nSPS) is 18.5. The van der Waals surface area contributed by atoms with Crippen molar-refractivity contribution in [3.8, 4) is 34.7 Å². The van der Waals surface area contributed by atoms with Crippen LogP contribution in [0.4, 0.5) is 79.6 Å². The van der Waals surface area contributed by atoms with E-state index in [1.807, 2.05) is 64.9 Å². The van der Waals surface area contributed by atoms with Crippen molar-refractivity contribution >= 4 is 65.4 Å². The highest BCUT2D eigenvalue weighted by molar-refractivity contribution is 5.82. The Balaban J connectivity index is 0.000000176. The fourth-order valence-corrected chi connectivity index (χ4v) is 18.8. The van der Waals surface area contributed by atoms with E-state index in [-0.39, 0.29) is 119 Å². The summed E-state index contributed by atoms with van der Waals surface area (Å²) in [5, 5.41) is 28.7. The smallest absolute Gasteiger partial charge is 0.429 e. The van der Waals surface area contributed by atoms with Gasteiger partial charge in [-0.15, -0.1) is 0 Å². The number of nitrogen functional groups attached to an aromatic ring is 3. The molecular weight excluding hydrogens is 1810 g/mol. The number of esters is 2. The number of carbonyl (C=O) groups is 4. The number of nitrogens with zero attached hydrogens (tertiary/aromatic N) is 16. The third-order valence-electron chi connectivity index (χ3n) is 25.7. The molecule has 9 N–H and O–H groups in total. The number of anilines is 6. The zero-order valence-electron chi connectivity index (χ0n) is 77.4. The van der Waals surface area contributed by atoms with Gasteiger partial charge < -0.3 is 76.1 Å². The molecule has 41 heteroatoms. The number of hydrogen-bond acceptors (Lipinski definition) is 27. The molecule has 10 aromatic rings. The van der Waals surface area contributed by atoms with Crippen LogP contribution >= 0.6 is 0 Å². The number of allylic oxidation sites excluding steroid dienone is 1. The Morgan fingerprint density at radius 3 is 1.23 bits per heavy atom. The Morgan fingerprint density at radius 2 is 0.862 bits per heavy atom. The van der Waals surface area contributed by atoms with E-state index in [1.165, 1.54) is 55.3 Å². The highest BCUT2D eigenvalue weighted by Gasteiger charge is 2.54. The van der Waals surface area contributed by atoms with Crippen LogP contribution in [0.5, 0.6) is 17.6 Å². The largest absolute Gasteiger partial charge is 0.480 e. The van der Waals surface area contributed by atoms with Crippen LogP contribution in [0, 0.1) is 37.0 Å². The molecule has 0 aliphatic carbocycles. The lowest BCUT2D eigenvalue weighted by atomic mass is 9.76. The Hall–Kier alpha value is -13.3. The SMILES string of the molecule is C.C/C=C/c1ccc(-n2ccc(C)n2)c([C@@H](Oc2cc(N3CCC4(CC3)C[C@@H](C(=O)OCC)N(C(=O)OCc3ccccc3)C4)nc(N)n2)C(F)(F)F)c1.CCCc1ccc(-n2ccc(C)n2)c([C@@H](Oc2cc(N3CCC4(CC3)CN[C@H](C(=O)O)C4)nc(N)n2)C(F)(F)F)c1.CCCc1ccc(-n2ccc(C)n2)c([C@@H](Oc2cc(N3CCC4(CC3)CN[C@H](C(=O)OCC)C4)nc(N)n2)C(F)(F)F)c1. The quantitative estimate of drug-likeness (QED) is 0.0158. The minimum absolute atomic E-state index is 0. The Morgan fingerprint density at radius 1 is 0.478 bits per heavy atom. The minimum Gasteiger partial charge on any atom is -0.480 e. The maximum absolute atomic E-state index is 14.9. The molecule has 138 heavy (non-hydrogen) atoms. The van der Waals surface area contributed by atoms with Gasteiger partial charge in [-0.2, -0.15) is 84.7 Å². The first-order chi connectivity index (χ1) is 65.3. The lowest BCUT2D eigenvalue weighted by Crippen LogP contribution is -2.43. The van der Waals surface area contributed by atoms with Gasteiger partial charge in [0, 0.05) is 112 Å². The molecule has 12 heterocycles. The molecule has 6 fully saturated rings. The van der Waals surface area contributed by atoms with Gasteiger partial charge in [-0.3, -0.25) is 14.5 Å². The molecule has 740 valence electrons. The molecule has 0 unspecified atom stereocenters. The Kier molecular flexibility index (Phi) is 32.2. The minimum atomic E-state index is -4.84. The topological polar surface area (TPSA) is 390 Å². The van der Waals surface area contributed by atoms with Crippen LogP contribution in [0.15, 0.2) is 146 Å². The summed E-state index contributed by atoms with van der Waals surface area (Å²) in [5.74, 6) is -2.05. The number of carbonyl (C=O) groups excluding carboxylic acids is 3. The summed E-state index contributed by atoms with van der Waals surface area (Å²) in [6.45, 7) is 19.8. The number of hydrogen-bond donors (Lipinski definition) is 6. The van der Waals surface area contributed by atoms with E-state index < -0.39 is 72.4 Å². The van der Waals surface area contributed by atoms with Crippen LogP contribution in [0.1, 0.15) is 187 Å². The number of alkyl halides is 9. The first-order valence-electron chi connectivity index (χ1n) is 45.8. The second kappa shape index (κ2) is 43.6. The van der Waals surface area contributed by atoms with E-state index in [0.29, 0.717) is 157 Å². The lowest BCUT2D eigenvalue weighted by Gasteiger charge is -2.39. The first kappa shape index (κ1) is 102. The molecule has 4 aromatic carbocycles. The van der Waals surface area contributed by atoms with Crippen molar-refractivity contribution in [1.29, 1.82) is 0 Å². The highest BCUT2D eigenvalue weighted by Crippen LogP contribution is 2.50. The number of halogens is 9. The average Bonchev–Trinajstić information content (AvgIpc) is 1.25. The fourth-order valence-electron chi connectivity index (χ4n) is 18.8. The van der Waals surface area contributed by atoms with E-state index in [9.17, 15) is 63.8 Å². The van der Waals surface area contributed by atoms with Crippen LogP contribution in [-0.4, -0.2) is 202 Å². The third kappa shape index (κ3) is 24.8. The van der Waals surface area contributed by atoms with Crippen LogP contribution in [0.25, 0.3) is 23.1 Å². The molecule has 32 nitrogen and oxygen atoms in total. The number of aryl methyl sites for hydroxylation is 5. The summed E-state index contributed by atoms with van der Waals surface area (Å²) in [7, 11) is 0. The molecular formula is C97H118F9N21O11. The number of rotatable bonds is 27. The van der Waals surface area contributed by atoms with Gasteiger partial charge in [-0.1, -0.05) is 94.8 Å². The van der Waals surface area contributed by atoms with E-state index in [1.54, 1.807) is 121 Å². The number of likely N-dealkylation sites (tertiary alicyclic amines) is 1. The van der Waals surface area contributed by atoms with Crippen molar-refractivity contribution in [3.05, 3.63) is 202 Å². The molecule has 6 aliphatic heterocycles. The summed E-state index contributed by atoms with van der Waals surface area (Å²) in [6.07, 6.45) is -5.28. The van der Waals surface area contributed by atoms with Crippen molar-refractivity contribution in [2.45, 2.75) is 208 Å². The van der Waals surface area contributed by atoms with Gasteiger partial charge >= 0.3 is 42.5 Å². The summed E-state index contributed by atoms with van der Waals surface area (Å²) in [5.41, 5.74) is 22.7. The number of benzene rings is 4. The van der Waals surface area contributed by atoms with Gasteiger partial charge in [0.05, 0.1) is 47.4 Å². The molecule has 6 aliphatic rings. The highest BCUT2D eigenvalue weighted by atomic mass is 19.4. The zero-order chi connectivity index (χ0) is 97.9. The predicted molar refractivity (Wildman–Crippen MR) is 499 cm³/mol. The standard InChI is InChI=1S/C38H42F3N7O5.C30H38F3N7O3.C28H34F3N7O3.CH4/c1-4-9-26-12-13-29(48-17-14-25(3)45-48)28(20-26)33(38(39,40)41)53-32-21-31(43-35(42)44-32)46-18-15-37(16-19-46)22-30(34(49)51-5-2)47(24-37)36(50)52-23-27-10-7-6-8-11-27;1-4-6-20-7-8-23(40-12-9-19(3)38-40)21(15-20)26(30(31,32)33)43-25-16-24(36-28(34)37-25)39-13-10-29(11-14-39)17-22(35-18-29)27(41)42-5-2;1-3-4-18-5-6-21(38-10-7-17(2)36-38)19(13-18)24(28(29,30)31)41-23-14-22(34-26(32)35-23)37-11-8-27(9-12-37)15-20(25(39)40)33-16-27;/h4,6-14,17,20-21,30,33H,5,15-16,18-19,22-24H2,1-3H3,(H2,42,43,44);7-9,12,15-16,22,26,35H,4-6,10-11,13-14,17-18H2,1-3H3,(H2,34,36,37);5-7,10,13-14,20,24,33H,3-4,8-9,11-12,15-16H2,1-2H3,(H,39,40)(H2,32,34,35);1H4/b9-4+;;;/t30-,33+;22-,26+;20-,24+;/m000./s1. The van der Waals surface area contributed by atoms with Crippen LogP contribution < -0.4 is 56.7 Å². The fraction of sp³-hybridized carbons (Fsp3) is 0.474. The molecule has 0 saturated carbocycles. The second-order valence-corrected chi connectivity index (χ2v) is 35.7. The molecule has 1 amide bonds. The van der Waals surface area contributed by atoms with Gasteiger partial charge in [0.15, 0.2) is 0 Å². The molecule has 3 spiro atoms. The number of carboxylic acid groups (broad SMARTS) is 1. The van der Waals surface area contributed by atoms with Crippen molar-refractivity contribution in [2.75, 3.05) is 104 Å². The lowest BCUT2D eigenvalue weighted by molar-refractivity contribution is -0.199. The van der Waals surface area contributed by atoms with Gasteiger partial charge in [0.1, 0.15) is 42.2 Å². The molecule has 6 atom stereocenters. The van der Waals surface area contributed by atoms with Crippen molar-refractivity contribution in [2.24, 2.45) is 16.2 Å². The Labute approximate surface area is 793 Å². The van der Waals surface area contributed by atoms with E-state index in [4.69, 9.17) is 45.6 Å². The van der Waals surface area contributed by atoms with E-state index in [2.05, 4.69) is 55.8 Å². The summed E-state index contributed by atoms with van der Waals surface area (Å²) in [6, 6.07) is 31.5. The van der Waals surface area contributed by atoms with Crippen LogP contribution in [0.3, 0.4) is 0 Å². The van der Waals surface area contributed by atoms with E-state index >= 15 is 0 Å². The number of aliphatic carboxylic acids is 1. The number of ether oxygens (including phenoxy) is 6. The Bertz CT molecular complexity index is 5890. The molecule has 0 radical (unpaired) electrons. The van der Waals surface area contributed by atoms with Crippen LogP contribution in [0.2, 0.25) is 0 Å². The first-order valence-corrected chi connectivity index (χ1v) is 45.8. The summed E-state index contributed by atoms with van der Waals surface area (Å²) in [4.78, 5) is 82.1. The number of amides is 1. The summed E-state index contributed by atoms with van der Waals surface area (Å²) < 4.78 is 170. The average molecular weight is 1930 g/mol. The zero-order valence-corrected chi connectivity index (χ0v) is 77.4. The number of carboxylic acids is 1. The second-order valence-electron chi connectivity index (χ2n) is 35.7. The predicted octanol–water partition coefficient (Wildman–Crippen LogP) is 16.4. The van der Waals surface area contributed by atoms with E-state index in [0.717, 1.165) is 42.4 Å². The number of piperidine rings is 3. The maximum Gasteiger partial charge on any atom is 0.429 e. The number of aromatic nitrogens is 12. The van der Waals surface area contributed by atoms with Gasteiger partial charge in [0.2, 0.25) is 53.8 Å². The molecule has 6 saturated heterocycles. The maximum atomic E-state index is 14.9. The van der Waals surface area contributed by atoms with Gasteiger partial charge in [0.25, 0.3) is 0 Å². The van der Waals surface area contributed by atoms with Crippen LogP contribution in [-0.2, 0) is 48.0 Å². The van der Waals surface area contributed by atoms with Crippen molar-refractivity contribution in [3.63, 3.8) is 0 Å². The third-order valence-corrected chi connectivity index (χ3v) is 25.7. The molecule has 0 bridgehead atoms. The number of nitrogens with one attached hydrogen (secondary N) is 2. The number of nitrogens with two attached hydrogens (primary N) is 3. The molecule has 6 aromatic heterocycles. The van der Waals surface area contributed by atoms with Gasteiger partial charge in [-0.25, -0.2) is 23.6 Å².